The molecule has 1 atom stereocenters. The number of rotatable bonds is 6. The molecule has 27 heavy (non-hydrogen) atoms. The number of likely N-dealkylation sites (tertiary alicyclic amines) is 2. The van der Waals surface area contributed by atoms with E-state index in [2.05, 4.69) is 9.97 Å². The number of carbonyl (C=O) groups is 2. The van der Waals surface area contributed by atoms with E-state index in [0.717, 1.165) is 37.9 Å². The van der Waals surface area contributed by atoms with Gasteiger partial charge in [0, 0.05) is 50.9 Å². The van der Waals surface area contributed by atoms with Crippen molar-refractivity contribution >= 4 is 11.8 Å². The van der Waals surface area contributed by atoms with Gasteiger partial charge in [-0.05, 0) is 37.0 Å². The van der Waals surface area contributed by atoms with E-state index in [0.29, 0.717) is 38.4 Å². The smallest absolute Gasteiger partial charge is 0.251 e. The molecule has 0 aromatic carbocycles. The third-order valence-corrected chi connectivity index (χ3v) is 6.07. The number of H-pyrrole nitrogens is 1. The lowest BCUT2D eigenvalue weighted by Gasteiger charge is -2.47. The fourth-order valence-electron chi connectivity index (χ4n) is 4.35. The van der Waals surface area contributed by atoms with Crippen molar-refractivity contribution in [2.45, 2.75) is 58.5 Å². The Labute approximate surface area is 161 Å². The zero-order chi connectivity index (χ0) is 19.4. The molecule has 2 amide bonds. The second kappa shape index (κ2) is 8.42. The highest BCUT2D eigenvalue weighted by Crippen LogP contribution is 2.40. The van der Waals surface area contributed by atoms with Crippen LogP contribution in [0.4, 0.5) is 0 Å². The SMILES string of the molecule is CC(C)C[C@H](O)C(=O)N1CCC2(CCC(=O)N(CCc3cnc[nH]3)C2)CC1. The Kier molecular flexibility index (Phi) is 6.19. The van der Waals surface area contributed by atoms with Gasteiger partial charge >= 0.3 is 0 Å². The number of nitrogens with one attached hydrogen (secondary N) is 1. The molecule has 7 nitrogen and oxygen atoms in total. The summed E-state index contributed by atoms with van der Waals surface area (Å²) in [5, 5.41) is 10.1. The van der Waals surface area contributed by atoms with Crippen molar-refractivity contribution in [2.75, 3.05) is 26.2 Å². The molecule has 1 aromatic heterocycles. The van der Waals surface area contributed by atoms with Gasteiger partial charge < -0.3 is 19.9 Å². The van der Waals surface area contributed by atoms with Gasteiger partial charge in [-0.25, -0.2) is 4.98 Å². The number of aromatic amines is 1. The molecule has 2 fully saturated rings. The topological polar surface area (TPSA) is 89.5 Å². The summed E-state index contributed by atoms with van der Waals surface area (Å²) in [7, 11) is 0. The maximum atomic E-state index is 12.5. The third-order valence-electron chi connectivity index (χ3n) is 6.07. The fraction of sp³-hybridized carbons (Fsp3) is 0.750. The number of aliphatic hydroxyl groups is 1. The summed E-state index contributed by atoms with van der Waals surface area (Å²) >= 11 is 0. The lowest BCUT2D eigenvalue weighted by Crippen LogP contribution is -2.53. The van der Waals surface area contributed by atoms with Gasteiger partial charge in [0.25, 0.3) is 5.91 Å². The minimum absolute atomic E-state index is 0.113. The quantitative estimate of drug-likeness (QED) is 0.789. The Hall–Kier alpha value is -1.89. The highest BCUT2D eigenvalue weighted by Gasteiger charge is 2.42. The number of aromatic nitrogens is 2. The number of hydrogen-bond acceptors (Lipinski definition) is 4. The van der Waals surface area contributed by atoms with Crippen LogP contribution in [0.3, 0.4) is 0 Å². The Bertz CT molecular complexity index is 636. The number of carbonyl (C=O) groups excluding carboxylic acids is 2. The first-order valence-corrected chi connectivity index (χ1v) is 10.1. The van der Waals surface area contributed by atoms with Crippen LogP contribution in [0.1, 0.15) is 51.6 Å². The van der Waals surface area contributed by atoms with Crippen LogP contribution < -0.4 is 0 Å². The van der Waals surface area contributed by atoms with Crippen LogP contribution in [0.25, 0.3) is 0 Å². The molecule has 1 aromatic rings. The summed E-state index contributed by atoms with van der Waals surface area (Å²) in [5.41, 5.74) is 1.16. The average Bonchev–Trinajstić information content (AvgIpc) is 3.16. The maximum absolute atomic E-state index is 12.5. The molecule has 1 spiro atoms. The Morgan fingerprint density at radius 1 is 1.33 bits per heavy atom. The summed E-state index contributed by atoms with van der Waals surface area (Å²) in [6.45, 7) is 6.86. The van der Waals surface area contributed by atoms with Crippen molar-refractivity contribution in [3.8, 4) is 0 Å². The van der Waals surface area contributed by atoms with Crippen LogP contribution in [-0.2, 0) is 16.0 Å². The fourth-order valence-corrected chi connectivity index (χ4v) is 4.35. The van der Waals surface area contributed by atoms with E-state index >= 15 is 0 Å². The first-order valence-electron chi connectivity index (χ1n) is 10.1. The van der Waals surface area contributed by atoms with Gasteiger partial charge in [0.2, 0.25) is 5.91 Å². The summed E-state index contributed by atoms with van der Waals surface area (Å²) in [5.74, 6) is 0.389. The van der Waals surface area contributed by atoms with E-state index in [1.54, 1.807) is 12.5 Å². The number of amides is 2. The van der Waals surface area contributed by atoms with Crippen LogP contribution in [0.15, 0.2) is 12.5 Å². The van der Waals surface area contributed by atoms with E-state index < -0.39 is 6.10 Å². The van der Waals surface area contributed by atoms with Crippen LogP contribution in [0.5, 0.6) is 0 Å². The van der Waals surface area contributed by atoms with Gasteiger partial charge in [-0.1, -0.05) is 13.8 Å². The molecular weight excluding hydrogens is 344 g/mol. The average molecular weight is 377 g/mol. The first-order chi connectivity index (χ1) is 12.9. The second-order valence-electron chi connectivity index (χ2n) is 8.61. The molecule has 150 valence electrons. The number of piperidine rings is 2. The minimum atomic E-state index is -0.891. The van der Waals surface area contributed by atoms with E-state index in [1.165, 1.54) is 0 Å². The van der Waals surface area contributed by atoms with Crippen molar-refractivity contribution in [2.24, 2.45) is 11.3 Å². The van der Waals surface area contributed by atoms with E-state index in [-0.39, 0.29) is 17.2 Å². The summed E-state index contributed by atoms with van der Waals surface area (Å²) in [6.07, 6.45) is 7.17. The van der Waals surface area contributed by atoms with Gasteiger partial charge in [0.1, 0.15) is 6.10 Å². The van der Waals surface area contributed by atoms with E-state index in [1.807, 2.05) is 23.6 Å². The molecular formula is C20H32N4O3. The standard InChI is InChI=1S/C20H32N4O3/c1-15(2)11-17(25)19(27)23-9-6-20(7-10-23)5-3-18(26)24(13-20)8-4-16-12-21-14-22-16/h12,14-15,17,25H,3-11,13H2,1-2H3,(H,21,22)/t17-/m0/s1. The molecule has 0 bridgehead atoms. The highest BCUT2D eigenvalue weighted by molar-refractivity contribution is 5.81. The molecule has 0 radical (unpaired) electrons. The first kappa shape index (κ1) is 19.9. The predicted molar refractivity (Wildman–Crippen MR) is 102 cm³/mol. The van der Waals surface area contributed by atoms with Crippen LogP contribution in [0.2, 0.25) is 0 Å². The molecule has 3 heterocycles. The Morgan fingerprint density at radius 3 is 2.70 bits per heavy atom. The maximum Gasteiger partial charge on any atom is 0.251 e. The van der Waals surface area contributed by atoms with Crippen molar-refractivity contribution in [3.63, 3.8) is 0 Å². The van der Waals surface area contributed by atoms with Crippen molar-refractivity contribution < 1.29 is 14.7 Å². The summed E-state index contributed by atoms with van der Waals surface area (Å²) in [4.78, 5) is 35.7. The summed E-state index contributed by atoms with van der Waals surface area (Å²) in [6, 6.07) is 0. The van der Waals surface area contributed by atoms with Gasteiger partial charge in [-0.3, -0.25) is 9.59 Å². The summed E-state index contributed by atoms with van der Waals surface area (Å²) < 4.78 is 0. The second-order valence-corrected chi connectivity index (χ2v) is 8.61. The monoisotopic (exact) mass is 376 g/mol. The van der Waals surface area contributed by atoms with Gasteiger partial charge in [-0.2, -0.15) is 0 Å². The van der Waals surface area contributed by atoms with Crippen molar-refractivity contribution in [1.29, 1.82) is 0 Å². The molecule has 0 saturated carbocycles. The largest absolute Gasteiger partial charge is 0.383 e. The van der Waals surface area contributed by atoms with Gasteiger partial charge in [0.15, 0.2) is 0 Å². The molecule has 7 heteroatoms. The molecule has 2 N–H and O–H groups in total. The van der Waals surface area contributed by atoms with E-state index in [9.17, 15) is 14.7 Å². The van der Waals surface area contributed by atoms with Crippen LogP contribution in [0, 0.1) is 11.3 Å². The van der Waals surface area contributed by atoms with Gasteiger partial charge in [-0.15, -0.1) is 0 Å². The van der Waals surface area contributed by atoms with Crippen molar-refractivity contribution in [1.82, 2.24) is 19.8 Å². The Balaban J connectivity index is 1.53. The number of aliphatic hydroxyl groups excluding tert-OH is 1. The number of hydrogen-bond donors (Lipinski definition) is 2. The molecule has 2 aliphatic heterocycles. The highest BCUT2D eigenvalue weighted by atomic mass is 16.3. The molecule has 0 aliphatic carbocycles. The van der Waals surface area contributed by atoms with Crippen LogP contribution in [-0.4, -0.2) is 69.0 Å². The Morgan fingerprint density at radius 2 is 2.07 bits per heavy atom. The van der Waals surface area contributed by atoms with Crippen LogP contribution >= 0.6 is 0 Å². The lowest BCUT2D eigenvalue weighted by molar-refractivity contribution is -0.147. The zero-order valence-electron chi connectivity index (χ0n) is 16.5. The molecule has 0 unspecified atom stereocenters. The minimum Gasteiger partial charge on any atom is -0.383 e. The molecule has 3 rings (SSSR count). The third kappa shape index (κ3) is 4.89. The van der Waals surface area contributed by atoms with E-state index in [4.69, 9.17) is 0 Å². The molecule has 2 saturated heterocycles. The lowest BCUT2D eigenvalue weighted by atomic mass is 9.72. The van der Waals surface area contributed by atoms with Crippen molar-refractivity contribution in [3.05, 3.63) is 18.2 Å². The zero-order valence-corrected chi connectivity index (χ0v) is 16.5. The van der Waals surface area contributed by atoms with Gasteiger partial charge in [0.05, 0.1) is 6.33 Å². The normalized spacial score (nSPS) is 21.1. The predicted octanol–water partition coefficient (Wildman–Crippen LogP) is 1.59. The molecule has 2 aliphatic rings. The number of nitrogens with zero attached hydrogens (tertiary/aromatic N) is 3. The number of imidazole rings is 1.